The predicted molar refractivity (Wildman–Crippen MR) is 118 cm³/mol. The summed E-state index contributed by atoms with van der Waals surface area (Å²) in [5, 5.41) is 0. The van der Waals surface area contributed by atoms with E-state index in [1.165, 1.54) is 11.1 Å². The van der Waals surface area contributed by atoms with Crippen molar-refractivity contribution < 1.29 is 23.9 Å². The van der Waals surface area contributed by atoms with Crippen molar-refractivity contribution in [1.29, 1.82) is 0 Å². The van der Waals surface area contributed by atoms with Gasteiger partial charge < -0.3 is 19.3 Å². The zero-order chi connectivity index (χ0) is 22.9. The Balaban J connectivity index is 1.55. The Morgan fingerprint density at radius 2 is 1.97 bits per heavy atom. The summed E-state index contributed by atoms with van der Waals surface area (Å²) < 4.78 is 10.8. The van der Waals surface area contributed by atoms with E-state index in [2.05, 4.69) is 4.98 Å². The third kappa shape index (κ3) is 6.29. The smallest absolute Gasteiger partial charge is 0.310 e. The fourth-order valence-electron chi connectivity index (χ4n) is 3.60. The van der Waals surface area contributed by atoms with Crippen LogP contribution in [0.15, 0.2) is 48.7 Å². The highest BCUT2D eigenvalue weighted by Crippen LogP contribution is 2.19. The lowest BCUT2D eigenvalue weighted by molar-refractivity contribution is -0.151. The first-order valence-electron chi connectivity index (χ1n) is 10.8. The van der Waals surface area contributed by atoms with Gasteiger partial charge in [-0.1, -0.05) is 30.3 Å². The first-order valence-corrected chi connectivity index (χ1v) is 10.8. The minimum Gasteiger partial charge on any atom is -0.473 e. The number of hydrogen-bond acceptors (Lipinski definition) is 6. The summed E-state index contributed by atoms with van der Waals surface area (Å²) in [4.78, 5) is 44.8. The third-order valence-electron chi connectivity index (χ3n) is 5.32. The number of nitrogens with zero attached hydrogens (tertiary/aromatic N) is 3. The molecule has 0 spiro atoms. The van der Waals surface area contributed by atoms with Gasteiger partial charge in [0.1, 0.15) is 6.61 Å². The minimum atomic E-state index is -0.307. The topological polar surface area (TPSA) is 89.0 Å². The molecule has 1 fully saturated rings. The SMILES string of the molecule is CCOC(=O)C1CCCN(C(=O)CN(C)C(=O)c2ccnc(OCc3ccccc3)c2)C1. The van der Waals surface area contributed by atoms with Crippen LogP contribution in [0.1, 0.15) is 35.7 Å². The first kappa shape index (κ1) is 23.2. The van der Waals surface area contributed by atoms with Gasteiger partial charge in [-0.2, -0.15) is 0 Å². The number of carbonyl (C=O) groups excluding carboxylic acids is 3. The Kier molecular flexibility index (Phi) is 8.19. The van der Waals surface area contributed by atoms with Crippen LogP contribution >= 0.6 is 0 Å². The number of aromatic nitrogens is 1. The van der Waals surface area contributed by atoms with E-state index in [1.54, 1.807) is 31.0 Å². The van der Waals surface area contributed by atoms with Crippen LogP contribution in [-0.2, 0) is 20.9 Å². The standard InChI is InChI=1S/C24H29N3O5/c1-3-31-24(30)20-10-7-13-27(15-20)22(28)16-26(2)23(29)19-11-12-25-21(14-19)32-17-18-8-5-4-6-9-18/h4-6,8-9,11-12,14,20H,3,7,10,13,15-17H2,1-2H3. The largest absolute Gasteiger partial charge is 0.473 e. The van der Waals surface area contributed by atoms with Crippen molar-refractivity contribution in [2.45, 2.75) is 26.4 Å². The number of esters is 1. The number of ether oxygens (including phenoxy) is 2. The second-order valence-electron chi connectivity index (χ2n) is 7.75. The molecule has 2 amide bonds. The summed E-state index contributed by atoms with van der Waals surface area (Å²) in [5.74, 6) is -0.728. The predicted octanol–water partition coefficient (Wildman–Crippen LogP) is 2.53. The Morgan fingerprint density at radius 1 is 1.19 bits per heavy atom. The lowest BCUT2D eigenvalue weighted by atomic mass is 9.98. The molecule has 0 N–H and O–H groups in total. The van der Waals surface area contributed by atoms with Crippen molar-refractivity contribution in [2.24, 2.45) is 5.92 Å². The van der Waals surface area contributed by atoms with E-state index in [-0.39, 0.29) is 30.2 Å². The molecule has 1 unspecified atom stereocenters. The van der Waals surface area contributed by atoms with E-state index in [0.717, 1.165) is 12.0 Å². The van der Waals surface area contributed by atoms with E-state index in [0.29, 0.717) is 44.2 Å². The number of benzene rings is 1. The molecule has 1 aromatic carbocycles. The first-order chi connectivity index (χ1) is 15.5. The normalized spacial score (nSPS) is 15.7. The van der Waals surface area contributed by atoms with Gasteiger partial charge in [-0.3, -0.25) is 14.4 Å². The Labute approximate surface area is 188 Å². The monoisotopic (exact) mass is 439 g/mol. The van der Waals surface area contributed by atoms with Crippen LogP contribution in [0, 0.1) is 5.92 Å². The van der Waals surface area contributed by atoms with Gasteiger partial charge >= 0.3 is 5.97 Å². The van der Waals surface area contributed by atoms with Gasteiger partial charge in [0.05, 0.1) is 19.1 Å². The molecule has 0 bridgehead atoms. The maximum absolute atomic E-state index is 12.8. The maximum atomic E-state index is 12.8. The van der Waals surface area contributed by atoms with Gasteiger partial charge in [-0.25, -0.2) is 4.98 Å². The van der Waals surface area contributed by atoms with Crippen LogP contribution in [0.3, 0.4) is 0 Å². The van der Waals surface area contributed by atoms with Crippen LogP contribution in [0.5, 0.6) is 5.88 Å². The van der Waals surface area contributed by atoms with Gasteiger partial charge in [0.2, 0.25) is 11.8 Å². The summed E-state index contributed by atoms with van der Waals surface area (Å²) >= 11 is 0. The average Bonchev–Trinajstić information content (AvgIpc) is 2.83. The molecule has 170 valence electrons. The van der Waals surface area contributed by atoms with Crippen LogP contribution < -0.4 is 4.74 Å². The molecule has 0 radical (unpaired) electrons. The van der Waals surface area contributed by atoms with Crippen molar-refractivity contribution in [1.82, 2.24) is 14.8 Å². The van der Waals surface area contributed by atoms with Crippen molar-refractivity contribution in [3.63, 3.8) is 0 Å². The van der Waals surface area contributed by atoms with Gasteiger partial charge in [0, 0.05) is 38.0 Å². The lowest BCUT2D eigenvalue weighted by Gasteiger charge is -2.32. The third-order valence-corrected chi connectivity index (χ3v) is 5.32. The molecular formula is C24H29N3O5. The van der Waals surface area contributed by atoms with E-state index in [1.807, 2.05) is 30.3 Å². The highest BCUT2D eigenvalue weighted by atomic mass is 16.5. The van der Waals surface area contributed by atoms with Crippen molar-refractivity contribution in [3.05, 3.63) is 59.8 Å². The second-order valence-corrected chi connectivity index (χ2v) is 7.75. The number of amides is 2. The van der Waals surface area contributed by atoms with Gasteiger partial charge in [-0.05, 0) is 31.4 Å². The highest BCUT2D eigenvalue weighted by Gasteiger charge is 2.30. The number of hydrogen-bond donors (Lipinski definition) is 0. The average molecular weight is 440 g/mol. The van der Waals surface area contributed by atoms with Gasteiger partial charge in [0.25, 0.3) is 5.91 Å². The molecule has 2 heterocycles. The van der Waals surface area contributed by atoms with Crippen LogP contribution in [0.25, 0.3) is 0 Å². The number of likely N-dealkylation sites (tertiary alicyclic amines) is 1. The zero-order valence-corrected chi connectivity index (χ0v) is 18.5. The lowest BCUT2D eigenvalue weighted by Crippen LogP contribution is -2.47. The molecule has 2 aromatic rings. The molecule has 1 saturated heterocycles. The summed E-state index contributed by atoms with van der Waals surface area (Å²) in [6, 6.07) is 12.8. The molecule has 0 saturated carbocycles. The number of rotatable bonds is 8. The quantitative estimate of drug-likeness (QED) is 0.588. The molecule has 1 atom stereocenters. The van der Waals surface area contributed by atoms with Gasteiger partial charge in [-0.15, -0.1) is 0 Å². The molecule has 3 rings (SSSR count). The van der Waals surface area contributed by atoms with Crippen LogP contribution in [0.4, 0.5) is 0 Å². The van der Waals surface area contributed by atoms with Gasteiger partial charge in [0.15, 0.2) is 0 Å². The summed E-state index contributed by atoms with van der Waals surface area (Å²) in [5.41, 5.74) is 1.39. The number of likely N-dealkylation sites (N-methyl/N-ethyl adjacent to an activating group) is 1. The minimum absolute atomic E-state index is 0.0725. The van der Waals surface area contributed by atoms with E-state index in [4.69, 9.17) is 9.47 Å². The summed E-state index contributed by atoms with van der Waals surface area (Å²) in [7, 11) is 1.58. The van der Waals surface area contributed by atoms with Crippen molar-refractivity contribution in [3.8, 4) is 5.88 Å². The molecule has 8 heteroatoms. The van der Waals surface area contributed by atoms with E-state index in [9.17, 15) is 14.4 Å². The van der Waals surface area contributed by atoms with E-state index >= 15 is 0 Å². The number of piperidine rings is 1. The maximum Gasteiger partial charge on any atom is 0.310 e. The molecule has 0 aliphatic carbocycles. The van der Waals surface area contributed by atoms with Crippen molar-refractivity contribution >= 4 is 17.8 Å². The van der Waals surface area contributed by atoms with Crippen LogP contribution in [0.2, 0.25) is 0 Å². The molecular weight excluding hydrogens is 410 g/mol. The Hall–Kier alpha value is -3.42. The molecule has 32 heavy (non-hydrogen) atoms. The molecule has 1 aliphatic rings. The fraction of sp³-hybridized carbons (Fsp3) is 0.417. The van der Waals surface area contributed by atoms with E-state index < -0.39 is 0 Å². The Bertz CT molecular complexity index is 934. The second kappa shape index (κ2) is 11.3. The molecule has 1 aliphatic heterocycles. The molecule has 8 nitrogen and oxygen atoms in total. The fourth-order valence-corrected chi connectivity index (χ4v) is 3.60. The van der Waals surface area contributed by atoms with Crippen LogP contribution in [-0.4, -0.2) is 65.9 Å². The summed E-state index contributed by atoms with van der Waals surface area (Å²) in [6.07, 6.45) is 2.96. The molecule has 1 aromatic heterocycles. The van der Waals surface area contributed by atoms with Crippen molar-refractivity contribution in [2.75, 3.05) is 33.3 Å². The number of pyridine rings is 1. The summed E-state index contributed by atoms with van der Waals surface area (Å²) in [6.45, 7) is 3.26. The number of carbonyl (C=O) groups is 3. The zero-order valence-electron chi connectivity index (χ0n) is 18.5. The Morgan fingerprint density at radius 3 is 2.72 bits per heavy atom. The highest BCUT2D eigenvalue weighted by molar-refractivity contribution is 5.96.